The minimum absolute atomic E-state index is 0.00573. The molecule has 0 amide bonds. The zero-order valence-corrected chi connectivity index (χ0v) is 55.2. The Bertz CT molecular complexity index is 4130. The molecule has 10 aliphatic carbocycles. The number of nitrogens with zero attached hydrogens (tertiary/aromatic N) is 20. The second kappa shape index (κ2) is 30.9. The highest BCUT2D eigenvalue weighted by Gasteiger charge is 2.27. The lowest BCUT2D eigenvalue weighted by Crippen LogP contribution is -2.09. The van der Waals surface area contributed by atoms with E-state index in [0.717, 1.165) is 0 Å². The van der Waals surface area contributed by atoms with Crippen LogP contribution in [0.2, 0.25) is 0 Å². The highest BCUT2D eigenvalue weighted by molar-refractivity contribution is 5.60. The molecule has 15 aromatic rings. The molecule has 0 fully saturated rings. The van der Waals surface area contributed by atoms with Crippen molar-refractivity contribution in [2.24, 2.45) is 0 Å². The molecule has 0 unspecified atom stereocenters. The van der Waals surface area contributed by atoms with Gasteiger partial charge in [0.2, 0.25) is 0 Å². The maximum Gasteiger partial charge on any atom is 0.134 e. The summed E-state index contributed by atoms with van der Waals surface area (Å²) in [5.41, 5.74) is 11.8. The van der Waals surface area contributed by atoms with Crippen molar-refractivity contribution in [1.29, 1.82) is 0 Å². The van der Waals surface area contributed by atoms with E-state index in [9.17, 15) is 0 Å². The summed E-state index contributed by atoms with van der Waals surface area (Å²) < 4.78 is 68.8. The maximum absolute atomic E-state index is 6.88. The third-order valence-electron chi connectivity index (χ3n) is 16.6. The first-order chi connectivity index (χ1) is 51.9. The van der Waals surface area contributed by atoms with Crippen LogP contribution in [0.1, 0.15) is 113 Å². The molecule has 105 heavy (non-hydrogen) atoms. The van der Waals surface area contributed by atoms with Gasteiger partial charge in [-0.15, -0.1) is 51.0 Å². The van der Waals surface area contributed by atoms with Gasteiger partial charge in [-0.05, 0) is 60.7 Å². The molecule has 40 heteroatoms. The number of aromatic amines is 10. The van der Waals surface area contributed by atoms with Crippen LogP contribution in [0.3, 0.4) is 0 Å². The van der Waals surface area contributed by atoms with Crippen molar-refractivity contribution in [1.82, 2.24) is 154 Å². The van der Waals surface area contributed by atoms with Gasteiger partial charge in [0.25, 0.3) is 0 Å². The molecule has 0 atom stereocenters. The van der Waals surface area contributed by atoms with E-state index in [1.807, 2.05) is 60.7 Å². The van der Waals surface area contributed by atoms with Crippen LogP contribution in [0.25, 0.3) is 0 Å². The number of hydrogen-bond donors (Lipinski definition) is 10. The van der Waals surface area contributed by atoms with Crippen LogP contribution in [0.5, 0.6) is 57.5 Å². The first-order valence-corrected chi connectivity index (χ1v) is 32.5. The fraction of sp³-hybridized carbons (Fsp3) is 0.231. The Labute approximate surface area is 590 Å². The highest BCUT2D eigenvalue weighted by Crippen LogP contribution is 2.44. The fourth-order valence-corrected chi connectivity index (χ4v) is 11.4. The molecular weight excluding hydrogens is 1360 g/mol. The SMILES string of the molecule is c1[nH]nnc1COc1cc2c(OCc3c[nH]nn3)cc1Cc1cc(OCc3c[nH]nn3)c(cc1OCc1c[nH]nn1)Cc1cc(OCc3c[nH]nn3)c(cc1OCc1c[nH]nn1)Cc1cc(OCc3c[nH]nn3)c(cc1OCc1c[nH]nn1)Cc1cc(OCc3c[nH]nn3)c(cc1OCc1c[nH]nn1)C2. The van der Waals surface area contributed by atoms with E-state index >= 15 is 0 Å². The molecule has 5 aromatic carbocycles. The summed E-state index contributed by atoms with van der Waals surface area (Å²) in [5.74, 6) is 4.48. The molecule has 10 heterocycles. The summed E-state index contributed by atoms with van der Waals surface area (Å²) in [4.78, 5) is 0. The Morgan fingerprint density at radius 3 is 0.362 bits per heavy atom. The lowest BCUT2D eigenvalue weighted by molar-refractivity contribution is 0.283. The third-order valence-corrected chi connectivity index (χ3v) is 16.6. The standard InChI is InChI=1S/C65H60N30O10/c1-36-6-58(98-28-48-18-68-88-78-48)38(8-56(36)96-26-46-16-66-86-76-46)2-40-10-62(102-32-52-22-72-92-82-52)42(12-60(40)100-30-50-20-70-90-80-50)4-44-14-65(105-35-55-25-75-95-85-55)45(15-64(44)104-34-54-24-74-94-84-54)5-43-13-61(101-31-51-21-71-91-81-51)41(11-63(43)103-33-53-23-73-93-83-53)3-39-9-57(97-27-47-17-67-87-77-47)37(1)7-59(39)99-29-49-19-69-89-79-49/h6-25H,1-5,26-35H2,(H,66,76,86)(H,67,77,87)(H,68,78,88)(H,69,79,89)(H,70,80,90)(H,71,81,91)(H,72,82,92)(H,73,83,93)(H,74,84,94)(H,75,85,95). The molecule has 10 bridgehead atoms. The average Bonchev–Trinajstić information content (AvgIpc) is 1.59. The van der Waals surface area contributed by atoms with Crippen molar-refractivity contribution in [3.63, 3.8) is 0 Å². The van der Waals surface area contributed by atoms with E-state index in [4.69, 9.17) is 47.4 Å². The normalized spacial score (nSPS) is 12.0. The number of ether oxygens (including phenoxy) is 10. The maximum atomic E-state index is 6.88. The summed E-state index contributed by atoms with van der Waals surface area (Å²) >= 11 is 0. The predicted octanol–water partition coefficient (Wildman–Crippen LogP) is 4.93. The molecule has 530 valence electrons. The largest absolute Gasteiger partial charge is 0.487 e. The van der Waals surface area contributed by atoms with Gasteiger partial charge >= 0.3 is 0 Å². The van der Waals surface area contributed by atoms with Crippen LogP contribution in [0.4, 0.5) is 0 Å². The molecule has 0 radical (unpaired) electrons. The first kappa shape index (κ1) is 65.1. The molecule has 0 aliphatic heterocycles. The van der Waals surface area contributed by atoms with Crippen LogP contribution < -0.4 is 47.4 Å². The lowest BCUT2D eigenvalue weighted by Gasteiger charge is -2.22. The van der Waals surface area contributed by atoms with Gasteiger partial charge in [-0.3, -0.25) is 51.0 Å². The molecule has 0 saturated heterocycles. The number of benzene rings is 5. The number of nitrogens with one attached hydrogen (secondary N) is 10. The Kier molecular flexibility index (Phi) is 19.2. The summed E-state index contributed by atoms with van der Waals surface area (Å²) in [6.45, 7) is 0.0573. The fourth-order valence-electron chi connectivity index (χ4n) is 11.4. The van der Waals surface area contributed by atoms with Crippen LogP contribution >= 0.6 is 0 Å². The zero-order chi connectivity index (χ0) is 70.4. The van der Waals surface area contributed by atoms with Gasteiger partial charge in [0, 0.05) is 150 Å². The van der Waals surface area contributed by atoms with Gasteiger partial charge in [-0.1, -0.05) is 52.1 Å². The van der Waals surface area contributed by atoms with Crippen LogP contribution in [-0.4, -0.2) is 154 Å². The molecule has 10 N–H and O–H groups in total. The van der Waals surface area contributed by atoms with Crippen LogP contribution in [0, 0.1) is 0 Å². The van der Waals surface area contributed by atoms with E-state index < -0.39 is 0 Å². The van der Waals surface area contributed by atoms with Gasteiger partial charge in [0.05, 0.1) is 0 Å². The minimum atomic E-state index is 0.00573. The summed E-state index contributed by atoms with van der Waals surface area (Å²) in [7, 11) is 0. The molecule has 0 spiro atoms. The molecule has 10 aromatic heterocycles. The van der Waals surface area contributed by atoms with E-state index in [1.165, 1.54) is 0 Å². The molecule has 25 rings (SSSR count). The van der Waals surface area contributed by atoms with Crippen LogP contribution in [-0.2, 0) is 98.2 Å². The second-order valence-corrected chi connectivity index (χ2v) is 23.8. The Balaban J connectivity index is 0.940. The van der Waals surface area contributed by atoms with Crippen molar-refractivity contribution < 1.29 is 47.4 Å². The Morgan fingerprint density at radius 2 is 0.276 bits per heavy atom. The zero-order valence-electron chi connectivity index (χ0n) is 55.2. The summed E-state index contributed by atoms with van der Waals surface area (Å²) in [6.07, 6.45) is 17.3. The van der Waals surface area contributed by atoms with Gasteiger partial charge in [0.1, 0.15) is 181 Å². The van der Waals surface area contributed by atoms with Gasteiger partial charge < -0.3 is 47.4 Å². The van der Waals surface area contributed by atoms with Crippen molar-refractivity contribution in [2.75, 3.05) is 0 Å². The summed E-state index contributed by atoms with van der Waals surface area (Å²) in [6, 6.07) is 19.3. The van der Waals surface area contributed by atoms with Gasteiger partial charge in [-0.2, -0.15) is 0 Å². The predicted molar refractivity (Wildman–Crippen MR) is 353 cm³/mol. The molecular formula is C65H60N30O10. The summed E-state index contributed by atoms with van der Waals surface area (Å²) in [5, 5.41) is 111. The van der Waals surface area contributed by atoms with Gasteiger partial charge in [0.15, 0.2) is 0 Å². The monoisotopic (exact) mass is 1420 g/mol. The quantitative estimate of drug-likeness (QED) is 0.0285. The van der Waals surface area contributed by atoms with Crippen molar-refractivity contribution >= 4 is 0 Å². The molecule has 40 nitrogen and oxygen atoms in total. The van der Waals surface area contributed by atoms with E-state index in [-0.39, 0.29) is 98.2 Å². The first-order valence-electron chi connectivity index (χ1n) is 32.5. The Morgan fingerprint density at radius 1 is 0.171 bits per heavy atom. The van der Waals surface area contributed by atoms with Gasteiger partial charge in [-0.25, -0.2) is 0 Å². The number of hydrogen-bond acceptors (Lipinski definition) is 30. The number of aromatic nitrogens is 30. The highest BCUT2D eigenvalue weighted by atomic mass is 16.5. The minimum Gasteiger partial charge on any atom is -0.487 e. The second-order valence-electron chi connectivity index (χ2n) is 23.8. The number of rotatable bonds is 30. The third kappa shape index (κ3) is 16.2. The van der Waals surface area contributed by atoms with Crippen molar-refractivity contribution in [3.05, 3.63) is 235 Å². The van der Waals surface area contributed by atoms with Crippen molar-refractivity contribution in [3.8, 4) is 57.5 Å². The van der Waals surface area contributed by atoms with E-state index in [1.54, 1.807) is 62.0 Å². The lowest BCUT2D eigenvalue weighted by atomic mass is 9.94. The van der Waals surface area contributed by atoms with E-state index in [0.29, 0.717) is 170 Å². The molecule has 10 aliphatic rings. The molecule has 0 saturated carbocycles. The smallest absolute Gasteiger partial charge is 0.134 e. The van der Waals surface area contributed by atoms with E-state index in [2.05, 4.69) is 154 Å². The van der Waals surface area contributed by atoms with Crippen molar-refractivity contribution in [2.45, 2.75) is 98.2 Å². The topological polar surface area (TPSA) is 508 Å². The Hall–Kier alpha value is -14.5. The van der Waals surface area contributed by atoms with Crippen LogP contribution in [0.15, 0.2) is 123 Å². The average molecular weight is 1420 g/mol. The number of H-pyrrole nitrogens is 10.